The first-order valence-electron chi connectivity index (χ1n) is 8.85. The molecule has 4 aromatic rings. The lowest BCUT2D eigenvalue weighted by Gasteiger charge is -2.09. The molecule has 3 heterocycles. The van der Waals surface area contributed by atoms with Crippen LogP contribution in [0.4, 0.5) is 4.39 Å². The molecule has 0 aliphatic rings. The van der Waals surface area contributed by atoms with E-state index in [9.17, 15) is 9.18 Å². The van der Waals surface area contributed by atoms with Gasteiger partial charge in [0.25, 0.3) is 0 Å². The average molecular weight is 392 g/mol. The zero-order valence-corrected chi connectivity index (χ0v) is 15.6. The number of pyridine rings is 1. The molecule has 8 heteroatoms. The van der Waals surface area contributed by atoms with Crippen molar-refractivity contribution < 1.29 is 18.7 Å². The highest BCUT2D eigenvalue weighted by Crippen LogP contribution is 2.25. The van der Waals surface area contributed by atoms with Gasteiger partial charge >= 0.3 is 5.97 Å². The quantitative estimate of drug-likeness (QED) is 0.469. The molecule has 4 rings (SSSR count). The van der Waals surface area contributed by atoms with Crippen molar-refractivity contribution in [1.82, 2.24) is 19.4 Å². The molecule has 0 N–H and O–H groups in total. The maximum absolute atomic E-state index is 13.7. The number of methoxy groups -OCH3 is 1. The summed E-state index contributed by atoms with van der Waals surface area (Å²) >= 11 is 0. The van der Waals surface area contributed by atoms with Crippen LogP contribution in [0, 0.1) is 5.82 Å². The molecule has 0 bridgehead atoms. The van der Waals surface area contributed by atoms with Crippen LogP contribution in [0.25, 0.3) is 16.9 Å². The van der Waals surface area contributed by atoms with Gasteiger partial charge in [-0.2, -0.15) is 0 Å². The van der Waals surface area contributed by atoms with Crippen LogP contribution in [-0.4, -0.2) is 32.4 Å². The third-order valence-electron chi connectivity index (χ3n) is 4.31. The second-order valence-electron chi connectivity index (χ2n) is 6.29. The molecule has 0 unspecified atom stereocenters. The van der Waals surface area contributed by atoms with Crippen molar-refractivity contribution in [2.75, 3.05) is 7.11 Å². The fourth-order valence-corrected chi connectivity index (χ4v) is 2.94. The summed E-state index contributed by atoms with van der Waals surface area (Å²) in [5, 5.41) is 0. The lowest BCUT2D eigenvalue weighted by Crippen LogP contribution is -2.06. The van der Waals surface area contributed by atoms with Crippen LogP contribution in [-0.2, 0) is 22.6 Å². The Kier molecular flexibility index (Phi) is 5.15. The Bertz CT molecular complexity index is 1160. The van der Waals surface area contributed by atoms with Crippen LogP contribution in [0.3, 0.4) is 0 Å². The minimum Gasteiger partial charge on any atom is -0.471 e. The normalized spacial score (nSPS) is 10.8. The van der Waals surface area contributed by atoms with Gasteiger partial charge in [0.1, 0.15) is 12.4 Å². The number of aromatic nitrogens is 4. The Balaban J connectivity index is 1.62. The third kappa shape index (κ3) is 4.21. The zero-order valence-electron chi connectivity index (χ0n) is 15.6. The average Bonchev–Trinajstić information content (AvgIpc) is 3.15. The molecule has 0 spiro atoms. The van der Waals surface area contributed by atoms with E-state index in [1.165, 1.54) is 19.2 Å². The first kappa shape index (κ1) is 18.5. The summed E-state index contributed by atoms with van der Waals surface area (Å²) in [6, 6.07) is 9.72. The van der Waals surface area contributed by atoms with Crippen molar-refractivity contribution in [3.8, 4) is 17.0 Å². The van der Waals surface area contributed by atoms with Gasteiger partial charge in [0.2, 0.25) is 11.7 Å². The number of nitrogens with zero attached hydrogens (tertiary/aromatic N) is 4. The highest BCUT2D eigenvalue weighted by Gasteiger charge is 2.13. The van der Waals surface area contributed by atoms with Crippen molar-refractivity contribution in [3.63, 3.8) is 0 Å². The number of fused-ring (bicyclic) bond motifs is 1. The molecular weight excluding hydrogens is 375 g/mol. The topological polar surface area (TPSA) is 78.6 Å². The number of benzene rings is 1. The van der Waals surface area contributed by atoms with Crippen molar-refractivity contribution in [2.45, 2.75) is 13.0 Å². The van der Waals surface area contributed by atoms with Crippen molar-refractivity contribution in [2.24, 2.45) is 0 Å². The first-order valence-corrected chi connectivity index (χ1v) is 8.85. The minimum atomic E-state index is -0.442. The summed E-state index contributed by atoms with van der Waals surface area (Å²) in [4.78, 5) is 24.6. The van der Waals surface area contributed by atoms with Gasteiger partial charge in [-0.1, -0.05) is 12.1 Å². The monoisotopic (exact) mass is 392 g/mol. The summed E-state index contributed by atoms with van der Waals surface area (Å²) in [5.41, 5.74) is 2.64. The molecule has 0 amide bonds. The molecule has 3 aromatic heterocycles. The number of halogens is 1. The molecular formula is C21H17FN4O3. The lowest BCUT2D eigenvalue weighted by molar-refractivity contribution is -0.139. The summed E-state index contributed by atoms with van der Waals surface area (Å²) in [6.07, 6.45) is 6.89. The van der Waals surface area contributed by atoms with Gasteiger partial charge in [-0.25, -0.2) is 19.3 Å². The van der Waals surface area contributed by atoms with E-state index in [1.54, 1.807) is 35.1 Å². The predicted octanol–water partition coefficient (Wildman–Crippen LogP) is 3.22. The fourth-order valence-electron chi connectivity index (χ4n) is 2.94. The highest BCUT2D eigenvalue weighted by atomic mass is 19.1. The van der Waals surface area contributed by atoms with Gasteiger partial charge in [-0.15, -0.1) is 0 Å². The number of ether oxygens (including phenoxy) is 2. The van der Waals surface area contributed by atoms with Gasteiger partial charge in [0.05, 0.1) is 19.2 Å². The molecule has 0 saturated carbocycles. The van der Waals surface area contributed by atoms with Crippen LogP contribution < -0.4 is 4.74 Å². The van der Waals surface area contributed by atoms with E-state index in [-0.39, 0.29) is 13.0 Å². The second kappa shape index (κ2) is 8.05. The molecule has 0 aliphatic carbocycles. The van der Waals surface area contributed by atoms with Crippen molar-refractivity contribution in [1.29, 1.82) is 0 Å². The SMILES string of the molecule is COC(=O)Cc1cc(F)ccc1-c1cnc2nc(COc3ccccn3)cn2c1. The molecule has 7 nitrogen and oxygen atoms in total. The van der Waals surface area contributed by atoms with Gasteiger partial charge in [-0.05, 0) is 29.3 Å². The maximum atomic E-state index is 13.7. The Morgan fingerprint density at radius 2 is 2.07 bits per heavy atom. The smallest absolute Gasteiger partial charge is 0.310 e. The number of carbonyl (C=O) groups is 1. The van der Waals surface area contributed by atoms with E-state index in [2.05, 4.69) is 15.0 Å². The number of hydrogen-bond donors (Lipinski definition) is 0. The summed E-state index contributed by atoms with van der Waals surface area (Å²) in [6.45, 7) is 0.250. The Labute approximate surface area is 165 Å². The van der Waals surface area contributed by atoms with E-state index in [4.69, 9.17) is 9.47 Å². The number of imidazole rings is 1. The van der Waals surface area contributed by atoms with Crippen LogP contribution in [0.1, 0.15) is 11.3 Å². The number of rotatable bonds is 6. The molecule has 0 atom stereocenters. The second-order valence-corrected chi connectivity index (χ2v) is 6.29. The standard InChI is InChI=1S/C21H17FN4O3/c1-28-20(27)9-14-8-16(22)5-6-18(14)15-10-24-21-25-17(12-26(21)11-15)13-29-19-4-2-3-7-23-19/h2-8,10-12H,9,13H2,1H3. The molecule has 0 fully saturated rings. The van der Waals surface area contributed by atoms with E-state index >= 15 is 0 Å². The van der Waals surface area contributed by atoms with Crippen molar-refractivity contribution in [3.05, 3.63) is 78.3 Å². The maximum Gasteiger partial charge on any atom is 0.310 e. The van der Waals surface area contributed by atoms with Crippen LogP contribution in [0.5, 0.6) is 5.88 Å². The summed E-state index contributed by atoms with van der Waals surface area (Å²) < 4.78 is 25.8. The Morgan fingerprint density at radius 1 is 1.17 bits per heavy atom. The van der Waals surface area contributed by atoms with Gasteiger partial charge in [0, 0.05) is 36.4 Å². The van der Waals surface area contributed by atoms with Gasteiger partial charge in [0.15, 0.2) is 0 Å². The Morgan fingerprint density at radius 3 is 2.86 bits per heavy atom. The fraction of sp³-hybridized carbons (Fsp3) is 0.143. The summed E-state index contributed by atoms with van der Waals surface area (Å²) in [5.74, 6) is 0.155. The molecule has 0 saturated heterocycles. The van der Waals surface area contributed by atoms with E-state index in [1.807, 2.05) is 18.3 Å². The van der Waals surface area contributed by atoms with E-state index in [0.717, 1.165) is 5.56 Å². The number of hydrogen-bond acceptors (Lipinski definition) is 6. The largest absolute Gasteiger partial charge is 0.471 e. The lowest BCUT2D eigenvalue weighted by atomic mass is 9.99. The summed E-state index contributed by atoms with van der Waals surface area (Å²) in [7, 11) is 1.30. The molecule has 0 radical (unpaired) electrons. The van der Waals surface area contributed by atoms with Gasteiger partial charge in [-0.3, -0.25) is 9.20 Å². The number of carbonyl (C=O) groups excluding carboxylic acids is 1. The molecule has 29 heavy (non-hydrogen) atoms. The highest BCUT2D eigenvalue weighted by molar-refractivity contribution is 5.77. The molecule has 1 aromatic carbocycles. The molecule has 0 aliphatic heterocycles. The van der Waals surface area contributed by atoms with Crippen LogP contribution in [0.2, 0.25) is 0 Å². The number of esters is 1. The minimum absolute atomic E-state index is 0.0330. The van der Waals surface area contributed by atoms with Crippen LogP contribution >= 0.6 is 0 Å². The van der Waals surface area contributed by atoms with E-state index in [0.29, 0.717) is 28.5 Å². The first-order chi connectivity index (χ1) is 14.1. The third-order valence-corrected chi connectivity index (χ3v) is 4.31. The van der Waals surface area contributed by atoms with Crippen molar-refractivity contribution >= 4 is 11.7 Å². The Hall–Kier alpha value is -3.81. The molecule has 146 valence electrons. The van der Waals surface area contributed by atoms with Crippen LogP contribution in [0.15, 0.2) is 61.2 Å². The zero-order chi connectivity index (χ0) is 20.2. The van der Waals surface area contributed by atoms with Gasteiger partial charge < -0.3 is 9.47 Å². The van der Waals surface area contributed by atoms with E-state index < -0.39 is 11.8 Å². The predicted molar refractivity (Wildman–Crippen MR) is 103 cm³/mol.